The molecule has 0 aromatic rings. The molecule has 0 unspecified atom stereocenters. The number of halogens is 1. The third-order valence-electron chi connectivity index (χ3n) is 0.789. The van der Waals surface area contributed by atoms with Crippen molar-refractivity contribution < 1.29 is 5.21 Å². The van der Waals surface area contributed by atoms with Gasteiger partial charge in [-0.15, -0.1) is 0 Å². The van der Waals surface area contributed by atoms with Crippen LogP contribution in [-0.2, 0) is 0 Å². The standard InChI is InChI=1S/C7H9IN2O/c8-6-4-2-1-3-5-7(9)10-11/h1-6,11H,(H2,9,10)/b2-1-,5-3+,6-4-. The van der Waals surface area contributed by atoms with Crippen molar-refractivity contribution in [1.29, 1.82) is 0 Å². The summed E-state index contributed by atoms with van der Waals surface area (Å²) in [6.45, 7) is 0. The summed E-state index contributed by atoms with van der Waals surface area (Å²) in [6, 6.07) is 0. The van der Waals surface area contributed by atoms with E-state index in [2.05, 4.69) is 27.7 Å². The predicted octanol–water partition coefficient (Wildman–Crippen LogP) is 1.79. The molecular formula is C7H9IN2O. The quantitative estimate of drug-likeness (QED) is 0.204. The van der Waals surface area contributed by atoms with Crippen molar-refractivity contribution >= 4 is 28.4 Å². The normalized spacial score (nSPS) is 14.1. The molecule has 0 atom stereocenters. The molecule has 0 amide bonds. The maximum absolute atomic E-state index is 8.11. The molecule has 0 aliphatic carbocycles. The first kappa shape index (κ1) is 10.2. The number of oxime groups is 1. The van der Waals surface area contributed by atoms with E-state index in [0.717, 1.165) is 0 Å². The van der Waals surface area contributed by atoms with E-state index in [4.69, 9.17) is 10.9 Å². The first-order valence-electron chi connectivity index (χ1n) is 2.89. The van der Waals surface area contributed by atoms with Gasteiger partial charge in [0.25, 0.3) is 0 Å². The molecule has 4 heteroatoms. The van der Waals surface area contributed by atoms with Crippen molar-refractivity contribution in [2.24, 2.45) is 10.9 Å². The van der Waals surface area contributed by atoms with E-state index in [0.29, 0.717) is 0 Å². The van der Waals surface area contributed by atoms with Crippen LogP contribution in [-0.4, -0.2) is 11.0 Å². The molecule has 0 rings (SSSR count). The van der Waals surface area contributed by atoms with Crippen molar-refractivity contribution in [1.82, 2.24) is 0 Å². The summed E-state index contributed by atoms with van der Waals surface area (Å²) in [5, 5.41) is 10.9. The van der Waals surface area contributed by atoms with Gasteiger partial charge in [-0.3, -0.25) is 0 Å². The Morgan fingerprint density at radius 1 is 1.27 bits per heavy atom. The molecule has 0 aromatic carbocycles. The van der Waals surface area contributed by atoms with Gasteiger partial charge in [0.1, 0.15) is 0 Å². The van der Waals surface area contributed by atoms with Crippen LogP contribution in [0.1, 0.15) is 0 Å². The first-order valence-corrected chi connectivity index (χ1v) is 4.13. The van der Waals surface area contributed by atoms with Crippen LogP contribution >= 0.6 is 22.6 Å². The molecule has 0 spiro atoms. The number of hydrogen-bond donors (Lipinski definition) is 2. The SMILES string of the molecule is NC(/C=C/C=C\C=C/I)=N\O. The maximum atomic E-state index is 8.11. The fourth-order valence-corrected chi connectivity index (χ4v) is 0.597. The molecule has 0 saturated carbocycles. The molecule has 0 fully saturated rings. The van der Waals surface area contributed by atoms with Crippen LogP contribution in [0.25, 0.3) is 0 Å². The summed E-state index contributed by atoms with van der Waals surface area (Å²) in [6.07, 6.45) is 8.68. The Labute approximate surface area is 79.1 Å². The minimum Gasteiger partial charge on any atom is -0.409 e. The maximum Gasteiger partial charge on any atom is 0.162 e. The van der Waals surface area contributed by atoms with E-state index < -0.39 is 0 Å². The van der Waals surface area contributed by atoms with Crippen LogP contribution in [0.4, 0.5) is 0 Å². The molecule has 0 aromatic heterocycles. The monoisotopic (exact) mass is 264 g/mol. The summed E-state index contributed by atoms with van der Waals surface area (Å²) in [7, 11) is 0. The molecule has 0 heterocycles. The second-order valence-corrected chi connectivity index (χ2v) is 2.31. The molecule has 3 nitrogen and oxygen atoms in total. The average molecular weight is 264 g/mol. The molecule has 0 radical (unpaired) electrons. The number of amidine groups is 1. The van der Waals surface area contributed by atoms with Crippen LogP contribution < -0.4 is 5.73 Å². The second-order valence-electron chi connectivity index (χ2n) is 1.59. The third-order valence-corrected chi connectivity index (χ3v) is 1.20. The smallest absolute Gasteiger partial charge is 0.162 e. The first-order chi connectivity index (χ1) is 5.31. The lowest BCUT2D eigenvalue weighted by atomic mass is 10.4. The van der Waals surface area contributed by atoms with E-state index in [-0.39, 0.29) is 5.84 Å². The van der Waals surface area contributed by atoms with Crippen molar-refractivity contribution in [3.8, 4) is 0 Å². The molecule has 0 bridgehead atoms. The summed E-state index contributed by atoms with van der Waals surface area (Å²) in [5.74, 6) is 0.0908. The average Bonchev–Trinajstić information content (AvgIpc) is 2.04. The summed E-state index contributed by atoms with van der Waals surface area (Å²) < 4.78 is 1.88. The highest BCUT2D eigenvalue weighted by molar-refractivity contribution is 14.1. The molecule has 60 valence electrons. The molecule has 0 saturated heterocycles. The minimum atomic E-state index is 0.0908. The zero-order valence-corrected chi connectivity index (χ0v) is 7.97. The molecular weight excluding hydrogens is 255 g/mol. The molecule has 3 N–H and O–H groups in total. The summed E-state index contributed by atoms with van der Waals surface area (Å²) in [4.78, 5) is 0. The van der Waals surface area contributed by atoms with Gasteiger partial charge in [0.15, 0.2) is 5.84 Å². The van der Waals surface area contributed by atoms with E-state index in [1.54, 1.807) is 12.2 Å². The largest absolute Gasteiger partial charge is 0.409 e. The van der Waals surface area contributed by atoms with Gasteiger partial charge in [-0.1, -0.05) is 52.1 Å². The fourth-order valence-electron chi connectivity index (χ4n) is 0.358. The number of nitrogens with two attached hydrogens (primary N) is 1. The topological polar surface area (TPSA) is 58.6 Å². The lowest BCUT2D eigenvalue weighted by molar-refractivity contribution is 0.319. The lowest BCUT2D eigenvalue weighted by Crippen LogP contribution is -2.06. The van der Waals surface area contributed by atoms with Gasteiger partial charge < -0.3 is 10.9 Å². The van der Waals surface area contributed by atoms with E-state index >= 15 is 0 Å². The Morgan fingerprint density at radius 2 is 1.91 bits per heavy atom. The Morgan fingerprint density at radius 3 is 2.45 bits per heavy atom. The number of hydrogen-bond acceptors (Lipinski definition) is 2. The van der Waals surface area contributed by atoms with Crippen LogP contribution in [0.15, 0.2) is 39.6 Å². The van der Waals surface area contributed by atoms with Crippen molar-refractivity contribution in [3.05, 3.63) is 34.5 Å². The van der Waals surface area contributed by atoms with Gasteiger partial charge in [0.05, 0.1) is 0 Å². The predicted molar refractivity (Wildman–Crippen MR) is 54.8 cm³/mol. The number of rotatable bonds is 3. The van der Waals surface area contributed by atoms with E-state index in [1.807, 2.05) is 16.2 Å². The molecule has 0 aliphatic heterocycles. The highest BCUT2D eigenvalue weighted by Gasteiger charge is 1.76. The van der Waals surface area contributed by atoms with E-state index in [9.17, 15) is 0 Å². The highest BCUT2D eigenvalue weighted by Crippen LogP contribution is 1.85. The Hall–Kier alpha value is -0.780. The van der Waals surface area contributed by atoms with Crippen LogP contribution in [0.3, 0.4) is 0 Å². The van der Waals surface area contributed by atoms with Crippen LogP contribution in [0.2, 0.25) is 0 Å². The van der Waals surface area contributed by atoms with Crippen LogP contribution in [0, 0.1) is 0 Å². The molecule has 11 heavy (non-hydrogen) atoms. The number of allylic oxidation sites excluding steroid dienone is 4. The van der Waals surface area contributed by atoms with Gasteiger partial charge >= 0.3 is 0 Å². The summed E-state index contributed by atoms with van der Waals surface area (Å²) >= 11 is 2.12. The van der Waals surface area contributed by atoms with Gasteiger partial charge in [-0.2, -0.15) is 0 Å². The third kappa shape index (κ3) is 7.11. The number of nitrogens with zero attached hydrogens (tertiary/aromatic N) is 1. The molecule has 0 aliphatic rings. The highest BCUT2D eigenvalue weighted by atomic mass is 127. The Kier molecular flexibility index (Phi) is 6.81. The Bertz CT molecular complexity index is 206. The van der Waals surface area contributed by atoms with Gasteiger partial charge in [0.2, 0.25) is 0 Å². The fraction of sp³-hybridized carbons (Fsp3) is 0. The minimum absolute atomic E-state index is 0.0908. The lowest BCUT2D eigenvalue weighted by Gasteiger charge is -1.81. The van der Waals surface area contributed by atoms with Crippen molar-refractivity contribution in [2.75, 3.05) is 0 Å². The van der Waals surface area contributed by atoms with E-state index in [1.165, 1.54) is 6.08 Å². The van der Waals surface area contributed by atoms with Gasteiger partial charge in [-0.25, -0.2) is 0 Å². The van der Waals surface area contributed by atoms with Crippen molar-refractivity contribution in [2.45, 2.75) is 0 Å². The van der Waals surface area contributed by atoms with Crippen LogP contribution in [0.5, 0.6) is 0 Å². The van der Waals surface area contributed by atoms with Gasteiger partial charge in [0, 0.05) is 0 Å². The zero-order chi connectivity index (χ0) is 8.53. The summed E-state index contributed by atoms with van der Waals surface area (Å²) in [5.41, 5.74) is 5.15. The van der Waals surface area contributed by atoms with Crippen molar-refractivity contribution in [3.63, 3.8) is 0 Å². The zero-order valence-electron chi connectivity index (χ0n) is 5.81. The van der Waals surface area contributed by atoms with Gasteiger partial charge in [-0.05, 0) is 10.2 Å². The Balaban J connectivity index is 3.77. The second kappa shape index (κ2) is 7.33.